The molecule has 6 aromatic carbocycles. The Balaban J connectivity index is 0.000000782. The molecule has 0 fully saturated rings. The van der Waals surface area contributed by atoms with Crippen molar-refractivity contribution in [1.82, 2.24) is 0 Å². The third kappa shape index (κ3) is 9.15. The summed E-state index contributed by atoms with van der Waals surface area (Å²) >= 11 is 0. The van der Waals surface area contributed by atoms with Gasteiger partial charge in [-0.3, -0.25) is 0 Å². The van der Waals surface area contributed by atoms with Gasteiger partial charge in [-0.05, 0) is 121 Å². The largest absolute Gasteiger partial charge is 0.392 e. The van der Waals surface area contributed by atoms with Gasteiger partial charge >= 0.3 is 0 Å². The average molecular weight is 783 g/mol. The summed E-state index contributed by atoms with van der Waals surface area (Å²) in [4.78, 5) is 0. The van der Waals surface area contributed by atoms with E-state index in [9.17, 15) is 10.2 Å². The molecule has 0 aliphatic heterocycles. The van der Waals surface area contributed by atoms with Gasteiger partial charge in [-0.25, -0.2) is 0 Å². The Kier molecular flexibility index (Phi) is 16.4. The normalized spacial score (nSPS) is 18.0. The molecular weight excluding hydrogens is 717 g/mol. The molecule has 6 aromatic rings. The molecule has 4 atom stereocenters. The molecule has 0 amide bonds. The van der Waals surface area contributed by atoms with Crippen LogP contribution in [0.5, 0.6) is 0 Å². The number of aliphatic hydroxyl groups excluding tert-OH is 2. The van der Waals surface area contributed by atoms with Crippen molar-refractivity contribution in [2.24, 2.45) is 0 Å². The molecule has 0 saturated carbocycles. The third-order valence-electron chi connectivity index (χ3n) is 11.3. The Morgan fingerprint density at radius 3 is 1.95 bits per heavy atom. The highest BCUT2D eigenvalue weighted by molar-refractivity contribution is 6.09. The molecule has 2 heteroatoms. The molecule has 0 heterocycles. The van der Waals surface area contributed by atoms with Gasteiger partial charge in [-0.1, -0.05) is 201 Å². The minimum absolute atomic E-state index is 0.00891. The first kappa shape index (κ1) is 44.8. The lowest BCUT2D eigenvalue weighted by Gasteiger charge is -2.36. The summed E-state index contributed by atoms with van der Waals surface area (Å²) in [5.41, 5.74) is 12.9. The van der Waals surface area contributed by atoms with E-state index in [0.29, 0.717) is 0 Å². The fraction of sp³-hybridized carbons (Fsp3) is 0.298. The molecule has 0 saturated heterocycles. The number of fused-ring (bicyclic) bond motifs is 5. The Morgan fingerprint density at radius 1 is 0.627 bits per heavy atom. The zero-order chi connectivity index (χ0) is 42.5. The maximum Gasteiger partial charge on any atom is 0.0978 e. The van der Waals surface area contributed by atoms with E-state index in [1.54, 1.807) is 0 Å². The molecule has 0 bridgehead atoms. The van der Waals surface area contributed by atoms with E-state index in [0.717, 1.165) is 47.9 Å². The Bertz CT molecular complexity index is 2410. The standard InChI is InChI=1S/C49H42O2.4C2H6/c1-31(50)39-27-28-44(51)49-47(41-25-24-37(32-13-5-2-6-14-32)30-43(41)34-16-7-3-8-17-34)42-26-23-35-18-9-4-10-20-40(35)46(42)45(48(39)49)38-22-21-33-15-11-12-19-36(33)29-38;4*1-2/h2-3,5-8,10-17,19-24,26-31,39,41,44,50-51H,4,9,18,25H2,1H3;4*1-2H3. The quantitative estimate of drug-likeness (QED) is 0.171. The molecule has 0 radical (unpaired) electrons. The first-order valence-corrected chi connectivity index (χ1v) is 22.4. The summed E-state index contributed by atoms with van der Waals surface area (Å²) in [6, 6.07) is 41.4. The lowest BCUT2D eigenvalue weighted by atomic mass is 9.68. The summed E-state index contributed by atoms with van der Waals surface area (Å²) in [6.07, 6.45) is 15.9. The predicted molar refractivity (Wildman–Crippen MR) is 259 cm³/mol. The van der Waals surface area contributed by atoms with Crippen LogP contribution in [0.25, 0.3) is 49.9 Å². The summed E-state index contributed by atoms with van der Waals surface area (Å²) in [6.45, 7) is 17.9. The van der Waals surface area contributed by atoms with Crippen LogP contribution in [0.3, 0.4) is 0 Å². The first-order chi connectivity index (χ1) is 29.1. The van der Waals surface area contributed by atoms with Crippen molar-refractivity contribution < 1.29 is 10.2 Å². The smallest absolute Gasteiger partial charge is 0.0978 e. The van der Waals surface area contributed by atoms with Gasteiger partial charge < -0.3 is 10.2 Å². The first-order valence-electron chi connectivity index (χ1n) is 22.4. The van der Waals surface area contributed by atoms with Gasteiger partial charge in [0, 0.05) is 11.8 Å². The van der Waals surface area contributed by atoms with E-state index in [1.165, 1.54) is 60.5 Å². The van der Waals surface area contributed by atoms with Gasteiger partial charge in [0.05, 0.1) is 12.2 Å². The van der Waals surface area contributed by atoms with Crippen molar-refractivity contribution in [2.75, 3.05) is 0 Å². The molecular formula is C57H66O2. The lowest BCUT2D eigenvalue weighted by molar-refractivity contribution is 0.170. The van der Waals surface area contributed by atoms with Gasteiger partial charge in [-0.2, -0.15) is 0 Å². The van der Waals surface area contributed by atoms with Crippen LogP contribution < -0.4 is 0 Å². The van der Waals surface area contributed by atoms with Gasteiger partial charge in [-0.15, -0.1) is 0 Å². The number of hydrogen-bond donors (Lipinski definition) is 2. The Hall–Kier alpha value is -5.28. The number of hydrogen-bond acceptors (Lipinski definition) is 2. The number of rotatable bonds is 5. The monoisotopic (exact) mass is 783 g/mol. The molecule has 59 heavy (non-hydrogen) atoms. The molecule has 0 spiro atoms. The highest BCUT2D eigenvalue weighted by Crippen LogP contribution is 2.54. The summed E-state index contributed by atoms with van der Waals surface area (Å²) in [5.74, 6) is -0.285. The average Bonchev–Trinajstić information content (AvgIpc) is 3.57. The predicted octanol–water partition coefficient (Wildman–Crippen LogP) is 15.8. The SMILES string of the molecule is CC.CC.CC.CC.CC(O)C1C=CC(O)c2c1c(-c1ccc3ccccc3c1)c1c3c(ccc1c2C1CC=C(c2ccccc2)C=C1c1ccccc1)CCCC=C3. The molecule has 3 aliphatic rings. The van der Waals surface area contributed by atoms with Crippen LogP contribution in [0.1, 0.15) is 138 Å². The van der Waals surface area contributed by atoms with E-state index in [-0.39, 0.29) is 11.8 Å². The van der Waals surface area contributed by atoms with Crippen LogP contribution >= 0.6 is 0 Å². The Morgan fingerprint density at radius 2 is 1.27 bits per heavy atom. The molecule has 306 valence electrons. The summed E-state index contributed by atoms with van der Waals surface area (Å²) in [5, 5.41) is 28.6. The summed E-state index contributed by atoms with van der Waals surface area (Å²) in [7, 11) is 0. The zero-order valence-corrected chi connectivity index (χ0v) is 37.0. The van der Waals surface area contributed by atoms with Gasteiger partial charge in [0.2, 0.25) is 0 Å². The molecule has 0 aromatic heterocycles. The lowest BCUT2D eigenvalue weighted by Crippen LogP contribution is -2.23. The second-order valence-corrected chi connectivity index (χ2v) is 14.4. The highest BCUT2D eigenvalue weighted by atomic mass is 16.3. The zero-order valence-electron chi connectivity index (χ0n) is 37.0. The van der Waals surface area contributed by atoms with E-state index in [1.807, 2.05) is 74.5 Å². The second-order valence-electron chi connectivity index (χ2n) is 14.4. The van der Waals surface area contributed by atoms with Crippen molar-refractivity contribution in [3.8, 4) is 11.1 Å². The Labute approximate surface area is 355 Å². The van der Waals surface area contributed by atoms with Crippen LogP contribution in [0.15, 0.2) is 146 Å². The molecule has 2 nitrogen and oxygen atoms in total. The summed E-state index contributed by atoms with van der Waals surface area (Å²) < 4.78 is 0. The molecule has 4 unspecified atom stereocenters. The van der Waals surface area contributed by atoms with Crippen LogP contribution in [0, 0.1) is 0 Å². The van der Waals surface area contributed by atoms with Crippen LogP contribution in [-0.4, -0.2) is 16.3 Å². The fourth-order valence-corrected chi connectivity index (χ4v) is 8.96. The van der Waals surface area contributed by atoms with E-state index in [4.69, 9.17) is 0 Å². The maximum atomic E-state index is 12.2. The van der Waals surface area contributed by atoms with E-state index < -0.39 is 12.2 Å². The number of aliphatic hydroxyl groups is 2. The minimum Gasteiger partial charge on any atom is -0.392 e. The van der Waals surface area contributed by atoms with Gasteiger partial charge in [0.1, 0.15) is 0 Å². The molecule has 2 N–H and O–H groups in total. The van der Waals surface area contributed by atoms with Crippen molar-refractivity contribution in [2.45, 2.75) is 112 Å². The van der Waals surface area contributed by atoms with Crippen molar-refractivity contribution in [3.63, 3.8) is 0 Å². The third-order valence-corrected chi connectivity index (χ3v) is 11.3. The topological polar surface area (TPSA) is 40.5 Å². The fourth-order valence-electron chi connectivity index (χ4n) is 8.96. The minimum atomic E-state index is -0.806. The van der Waals surface area contributed by atoms with Crippen molar-refractivity contribution in [1.29, 1.82) is 0 Å². The number of allylic oxidation sites excluding steroid dienone is 5. The highest BCUT2D eigenvalue weighted by Gasteiger charge is 2.37. The van der Waals surface area contributed by atoms with Crippen molar-refractivity contribution >= 4 is 38.8 Å². The van der Waals surface area contributed by atoms with Crippen LogP contribution in [0.2, 0.25) is 0 Å². The van der Waals surface area contributed by atoms with Gasteiger partial charge in [0.25, 0.3) is 0 Å². The number of benzene rings is 6. The van der Waals surface area contributed by atoms with E-state index in [2.05, 4.69) is 140 Å². The maximum absolute atomic E-state index is 12.2. The van der Waals surface area contributed by atoms with Crippen LogP contribution in [0.4, 0.5) is 0 Å². The molecule has 9 rings (SSSR count). The van der Waals surface area contributed by atoms with E-state index >= 15 is 0 Å². The van der Waals surface area contributed by atoms with Crippen molar-refractivity contribution in [3.05, 3.63) is 185 Å². The van der Waals surface area contributed by atoms with Gasteiger partial charge in [0.15, 0.2) is 0 Å². The molecule has 3 aliphatic carbocycles. The van der Waals surface area contributed by atoms with Crippen LogP contribution in [-0.2, 0) is 6.42 Å². The second kappa shape index (κ2) is 21.6. The number of aryl methyl sites for hydroxylation is 1.